The van der Waals surface area contributed by atoms with E-state index in [2.05, 4.69) is 16.9 Å². The molecule has 0 aliphatic heterocycles. The molecule has 0 aliphatic rings. The minimum atomic E-state index is -3.36. The van der Waals surface area contributed by atoms with E-state index in [4.69, 9.17) is 0 Å². The molecule has 0 spiro atoms. The van der Waals surface area contributed by atoms with Gasteiger partial charge in [-0.2, -0.15) is 0 Å². The van der Waals surface area contributed by atoms with Crippen LogP contribution in [-0.2, 0) is 10.0 Å². The first-order valence-electron chi connectivity index (χ1n) is 4.35. The minimum Gasteiger partial charge on any atom is -0.205 e. The lowest BCUT2D eigenvalue weighted by Gasteiger charge is -1.91. The monoisotopic (exact) mass is 255 g/mol. The highest BCUT2D eigenvalue weighted by Gasteiger charge is 2.11. The molecule has 0 atom stereocenters. The molecule has 0 unspecified atom stereocenters. The molecule has 0 aromatic carbocycles. The van der Waals surface area contributed by atoms with Gasteiger partial charge in [0.15, 0.2) is 0 Å². The predicted octanol–water partition coefficient (Wildman–Crippen LogP) is 1.46. The number of hydrogen-bond acceptors (Lipinski definition) is 5. The van der Waals surface area contributed by atoms with Gasteiger partial charge in [-0.05, 0) is 6.07 Å². The van der Waals surface area contributed by atoms with Gasteiger partial charge >= 0.3 is 0 Å². The van der Waals surface area contributed by atoms with E-state index in [1.165, 1.54) is 17.5 Å². The Morgan fingerprint density at radius 3 is 2.81 bits per heavy atom. The summed E-state index contributed by atoms with van der Waals surface area (Å²) in [5, 5.41) is 9.25. The highest BCUT2D eigenvalue weighted by atomic mass is 32.2. The van der Waals surface area contributed by atoms with Crippen LogP contribution in [0.2, 0.25) is 0 Å². The van der Waals surface area contributed by atoms with E-state index in [9.17, 15) is 8.42 Å². The van der Waals surface area contributed by atoms with Crippen molar-refractivity contribution in [1.82, 2.24) is 14.4 Å². The Hall–Kier alpha value is -1.47. The Kier molecular flexibility index (Phi) is 2.64. The molecule has 2 aromatic rings. The summed E-state index contributed by atoms with van der Waals surface area (Å²) in [5.74, 6) is 0. The van der Waals surface area contributed by atoms with Crippen LogP contribution in [0, 0.1) is 0 Å². The molecule has 84 valence electrons. The molecule has 0 saturated heterocycles. The standard InChI is InChI=1S/C9H9N3O2S2/c1-3-8-4-7(6-15-8)9-5-12(11-10-9)16(2,13)14/h3-6H,1H2,2H3. The summed E-state index contributed by atoms with van der Waals surface area (Å²) in [6.45, 7) is 3.66. The number of aromatic nitrogens is 3. The highest BCUT2D eigenvalue weighted by Crippen LogP contribution is 2.24. The summed E-state index contributed by atoms with van der Waals surface area (Å²) in [6.07, 6.45) is 4.20. The van der Waals surface area contributed by atoms with Crippen molar-refractivity contribution in [3.63, 3.8) is 0 Å². The third-order valence-electron chi connectivity index (χ3n) is 1.93. The first kappa shape index (κ1) is 11.0. The first-order valence-corrected chi connectivity index (χ1v) is 7.08. The Balaban J connectivity index is 2.42. The van der Waals surface area contributed by atoms with Gasteiger partial charge in [0, 0.05) is 15.8 Å². The van der Waals surface area contributed by atoms with Crippen LogP contribution in [0.5, 0.6) is 0 Å². The number of nitrogens with zero attached hydrogens (tertiary/aromatic N) is 3. The van der Waals surface area contributed by atoms with Crippen molar-refractivity contribution >= 4 is 27.4 Å². The molecule has 2 heterocycles. The zero-order chi connectivity index (χ0) is 11.8. The molecule has 2 rings (SSSR count). The molecule has 5 nitrogen and oxygen atoms in total. The fourth-order valence-corrected chi connectivity index (χ4v) is 2.34. The third-order valence-corrected chi connectivity index (χ3v) is 3.72. The first-order chi connectivity index (χ1) is 7.50. The fraction of sp³-hybridized carbons (Fsp3) is 0.111. The molecule has 7 heteroatoms. The van der Waals surface area contributed by atoms with Crippen LogP contribution in [0.1, 0.15) is 4.88 Å². The fourth-order valence-electron chi connectivity index (χ4n) is 1.14. The molecule has 0 amide bonds. The zero-order valence-electron chi connectivity index (χ0n) is 8.49. The van der Waals surface area contributed by atoms with Gasteiger partial charge in [0.05, 0.1) is 12.5 Å². The summed E-state index contributed by atoms with van der Waals surface area (Å²) >= 11 is 1.52. The predicted molar refractivity (Wildman–Crippen MR) is 63.7 cm³/mol. The molecule has 2 aromatic heterocycles. The van der Waals surface area contributed by atoms with Crippen LogP contribution < -0.4 is 0 Å². The number of rotatable bonds is 3. The van der Waals surface area contributed by atoms with Gasteiger partial charge in [-0.3, -0.25) is 0 Å². The van der Waals surface area contributed by atoms with Crippen molar-refractivity contribution in [1.29, 1.82) is 0 Å². The van der Waals surface area contributed by atoms with Crippen molar-refractivity contribution in [2.45, 2.75) is 0 Å². The molecule has 0 fully saturated rings. The largest absolute Gasteiger partial charge is 0.252 e. The Morgan fingerprint density at radius 1 is 1.56 bits per heavy atom. The number of hydrogen-bond donors (Lipinski definition) is 0. The second-order valence-corrected chi connectivity index (χ2v) is 5.96. The smallest absolute Gasteiger partial charge is 0.205 e. The maximum absolute atomic E-state index is 11.2. The van der Waals surface area contributed by atoms with E-state index in [1.807, 2.05) is 11.4 Å². The van der Waals surface area contributed by atoms with E-state index >= 15 is 0 Å². The molecule has 16 heavy (non-hydrogen) atoms. The van der Waals surface area contributed by atoms with E-state index in [0.29, 0.717) is 5.69 Å². The van der Waals surface area contributed by atoms with E-state index in [0.717, 1.165) is 20.8 Å². The molecular formula is C9H9N3O2S2. The second-order valence-electron chi connectivity index (χ2n) is 3.18. The average Bonchev–Trinajstić information content (AvgIpc) is 2.85. The minimum absolute atomic E-state index is 0.537. The molecule has 0 radical (unpaired) electrons. The summed E-state index contributed by atoms with van der Waals surface area (Å²) in [6, 6.07) is 1.88. The zero-order valence-corrected chi connectivity index (χ0v) is 10.1. The van der Waals surface area contributed by atoms with Gasteiger partial charge in [0.1, 0.15) is 5.69 Å². The van der Waals surface area contributed by atoms with Crippen molar-refractivity contribution in [3.05, 3.63) is 29.1 Å². The maximum atomic E-state index is 11.2. The van der Waals surface area contributed by atoms with Gasteiger partial charge in [0.2, 0.25) is 0 Å². The lowest BCUT2D eigenvalue weighted by molar-refractivity contribution is 0.583. The molecule has 0 aliphatic carbocycles. The summed E-state index contributed by atoms with van der Waals surface area (Å²) < 4.78 is 23.2. The normalized spacial score (nSPS) is 11.6. The third kappa shape index (κ3) is 2.05. The lowest BCUT2D eigenvalue weighted by Crippen LogP contribution is -2.10. The Labute approximate surface area is 97.1 Å². The van der Waals surface area contributed by atoms with Crippen molar-refractivity contribution in [2.75, 3.05) is 6.26 Å². The SMILES string of the molecule is C=Cc1cc(-c2cn(S(C)(=O)=O)nn2)cs1. The van der Waals surface area contributed by atoms with Crippen LogP contribution in [-0.4, -0.2) is 29.1 Å². The Morgan fingerprint density at radius 2 is 2.31 bits per heavy atom. The van der Waals surface area contributed by atoms with Crippen LogP contribution in [0.15, 0.2) is 24.2 Å². The highest BCUT2D eigenvalue weighted by molar-refractivity contribution is 7.89. The van der Waals surface area contributed by atoms with Gasteiger partial charge in [-0.1, -0.05) is 17.9 Å². The van der Waals surface area contributed by atoms with Gasteiger partial charge in [-0.15, -0.1) is 20.5 Å². The molecular weight excluding hydrogens is 246 g/mol. The van der Waals surface area contributed by atoms with Crippen LogP contribution >= 0.6 is 11.3 Å². The topological polar surface area (TPSA) is 64.8 Å². The van der Waals surface area contributed by atoms with Crippen LogP contribution in [0.3, 0.4) is 0 Å². The molecule has 0 bridgehead atoms. The van der Waals surface area contributed by atoms with Crippen LogP contribution in [0.4, 0.5) is 0 Å². The van der Waals surface area contributed by atoms with E-state index in [1.54, 1.807) is 6.08 Å². The molecule has 0 saturated carbocycles. The Bertz CT molecular complexity index is 625. The average molecular weight is 255 g/mol. The quantitative estimate of drug-likeness (QED) is 0.832. The number of thiophene rings is 1. The van der Waals surface area contributed by atoms with Gasteiger partial charge in [-0.25, -0.2) is 8.42 Å². The van der Waals surface area contributed by atoms with E-state index < -0.39 is 10.0 Å². The van der Waals surface area contributed by atoms with Gasteiger partial charge < -0.3 is 0 Å². The maximum Gasteiger partial charge on any atom is 0.252 e. The van der Waals surface area contributed by atoms with Gasteiger partial charge in [0.25, 0.3) is 10.0 Å². The van der Waals surface area contributed by atoms with Crippen molar-refractivity contribution in [3.8, 4) is 11.3 Å². The summed E-state index contributed by atoms with van der Waals surface area (Å²) in [4.78, 5) is 1.00. The second kappa shape index (κ2) is 3.84. The molecule has 0 N–H and O–H groups in total. The van der Waals surface area contributed by atoms with Crippen molar-refractivity contribution in [2.24, 2.45) is 0 Å². The summed E-state index contributed by atoms with van der Waals surface area (Å²) in [7, 11) is -3.36. The van der Waals surface area contributed by atoms with E-state index in [-0.39, 0.29) is 0 Å². The lowest BCUT2D eigenvalue weighted by atomic mass is 10.2. The van der Waals surface area contributed by atoms with Crippen molar-refractivity contribution < 1.29 is 8.42 Å². The van der Waals surface area contributed by atoms with Crippen LogP contribution in [0.25, 0.3) is 17.3 Å². The summed E-state index contributed by atoms with van der Waals surface area (Å²) in [5.41, 5.74) is 1.38.